The molecule has 0 aliphatic heterocycles. The second kappa shape index (κ2) is 12.0. The molecule has 1 atom stereocenters. The van der Waals surface area contributed by atoms with Crippen LogP contribution in [0.25, 0.3) is 0 Å². The SMILES string of the molecule is CC[C@@H](C(=O)NC(C)(C)C)N(Cc1ccc(Cl)c(Cl)c1)C(=O)CN(c1ccccc1Br)S(C)(=O)=O. The number of benzene rings is 2. The summed E-state index contributed by atoms with van der Waals surface area (Å²) in [6.45, 7) is 6.90. The van der Waals surface area contributed by atoms with Gasteiger partial charge in [0.25, 0.3) is 0 Å². The lowest BCUT2D eigenvalue weighted by molar-refractivity contribution is -0.141. The average Bonchev–Trinajstić information content (AvgIpc) is 2.73. The van der Waals surface area contributed by atoms with E-state index in [1.807, 2.05) is 20.8 Å². The van der Waals surface area contributed by atoms with Crippen LogP contribution in [0.2, 0.25) is 10.0 Å². The number of rotatable bonds is 9. The molecule has 2 rings (SSSR count). The van der Waals surface area contributed by atoms with Crippen molar-refractivity contribution in [3.05, 3.63) is 62.5 Å². The van der Waals surface area contributed by atoms with Crippen LogP contribution in [0, 0.1) is 0 Å². The first kappa shape index (κ1) is 29.4. The fourth-order valence-electron chi connectivity index (χ4n) is 3.46. The Kier molecular flexibility index (Phi) is 10.0. The maximum absolute atomic E-state index is 13.7. The number of hydrogen-bond donors (Lipinski definition) is 1. The predicted molar refractivity (Wildman–Crippen MR) is 145 cm³/mol. The first-order chi connectivity index (χ1) is 16.1. The molecule has 2 aromatic carbocycles. The second-order valence-corrected chi connectivity index (χ2v) is 12.7. The molecule has 0 heterocycles. The molecule has 11 heteroatoms. The summed E-state index contributed by atoms with van der Waals surface area (Å²) in [5.74, 6) is -0.867. The number of nitrogens with zero attached hydrogens (tertiary/aromatic N) is 2. The Balaban J connectivity index is 2.50. The van der Waals surface area contributed by atoms with Crippen LogP contribution in [0.5, 0.6) is 0 Å². The highest BCUT2D eigenvalue weighted by Crippen LogP contribution is 2.28. The molecule has 0 saturated heterocycles. The van der Waals surface area contributed by atoms with E-state index in [9.17, 15) is 18.0 Å². The van der Waals surface area contributed by atoms with Crippen LogP contribution < -0.4 is 9.62 Å². The molecule has 0 spiro atoms. The first-order valence-corrected chi connectivity index (χ1v) is 14.3. The van der Waals surface area contributed by atoms with Gasteiger partial charge in [0.05, 0.1) is 22.0 Å². The van der Waals surface area contributed by atoms with Gasteiger partial charge in [-0.2, -0.15) is 0 Å². The van der Waals surface area contributed by atoms with Gasteiger partial charge in [-0.15, -0.1) is 0 Å². The summed E-state index contributed by atoms with van der Waals surface area (Å²) in [6, 6.07) is 10.8. The molecule has 0 saturated carbocycles. The van der Waals surface area contributed by atoms with Crippen LogP contribution in [0.4, 0.5) is 5.69 Å². The molecule has 0 radical (unpaired) electrons. The van der Waals surface area contributed by atoms with Crippen molar-refractivity contribution in [2.75, 3.05) is 17.1 Å². The molecule has 192 valence electrons. The Hall–Kier alpha value is -1.81. The zero-order valence-electron chi connectivity index (χ0n) is 20.3. The second-order valence-electron chi connectivity index (χ2n) is 9.15. The largest absolute Gasteiger partial charge is 0.350 e. The molecule has 2 aromatic rings. The molecule has 2 amide bonds. The Morgan fingerprint density at radius 1 is 1.09 bits per heavy atom. The van der Waals surface area contributed by atoms with Crippen LogP contribution >= 0.6 is 39.1 Å². The molecule has 1 N–H and O–H groups in total. The van der Waals surface area contributed by atoms with E-state index >= 15 is 0 Å². The van der Waals surface area contributed by atoms with Crippen LogP contribution in [-0.4, -0.2) is 49.5 Å². The fraction of sp³-hybridized carbons (Fsp3) is 0.417. The molecule has 0 fully saturated rings. The Morgan fingerprint density at radius 2 is 1.71 bits per heavy atom. The normalized spacial score (nSPS) is 12.7. The van der Waals surface area contributed by atoms with Crippen LogP contribution in [-0.2, 0) is 26.2 Å². The van der Waals surface area contributed by atoms with Gasteiger partial charge in [0.2, 0.25) is 21.8 Å². The van der Waals surface area contributed by atoms with Crippen molar-refractivity contribution >= 4 is 66.7 Å². The first-order valence-electron chi connectivity index (χ1n) is 10.9. The van der Waals surface area contributed by atoms with E-state index in [-0.39, 0.29) is 12.5 Å². The number of para-hydroxylation sites is 1. The van der Waals surface area contributed by atoms with Gasteiger partial charge in [0, 0.05) is 16.6 Å². The van der Waals surface area contributed by atoms with Crippen LogP contribution in [0.3, 0.4) is 0 Å². The molecule has 0 unspecified atom stereocenters. The van der Waals surface area contributed by atoms with E-state index < -0.39 is 34.1 Å². The van der Waals surface area contributed by atoms with Gasteiger partial charge in [0.1, 0.15) is 12.6 Å². The highest BCUT2D eigenvalue weighted by Gasteiger charge is 2.33. The number of nitrogens with one attached hydrogen (secondary N) is 1. The quantitative estimate of drug-likeness (QED) is 0.423. The lowest BCUT2D eigenvalue weighted by atomic mass is 10.1. The third-order valence-electron chi connectivity index (χ3n) is 5.02. The number of carbonyl (C=O) groups excluding carboxylic acids is 2. The standard InChI is InChI=1S/C24H30BrCl2N3O4S/c1-6-20(23(32)28-24(2,3)4)29(14-16-11-12-18(26)19(27)13-16)22(31)15-30(35(5,33)34)21-10-8-7-9-17(21)25/h7-13,20H,6,14-15H2,1-5H3,(H,28,32)/t20-/m0/s1. The molecule has 35 heavy (non-hydrogen) atoms. The summed E-state index contributed by atoms with van der Waals surface area (Å²) in [4.78, 5) is 28.2. The third kappa shape index (κ3) is 8.37. The number of amides is 2. The maximum Gasteiger partial charge on any atom is 0.244 e. The summed E-state index contributed by atoms with van der Waals surface area (Å²) in [6.07, 6.45) is 1.36. The third-order valence-corrected chi connectivity index (χ3v) is 7.56. The van der Waals surface area contributed by atoms with E-state index in [1.54, 1.807) is 49.4 Å². The van der Waals surface area contributed by atoms with E-state index in [0.29, 0.717) is 32.2 Å². The van der Waals surface area contributed by atoms with Crippen LogP contribution in [0.1, 0.15) is 39.7 Å². The molecule has 7 nitrogen and oxygen atoms in total. The van der Waals surface area contributed by atoms with Crippen molar-refractivity contribution in [1.82, 2.24) is 10.2 Å². The highest BCUT2D eigenvalue weighted by molar-refractivity contribution is 9.10. The maximum atomic E-state index is 13.7. The topological polar surface area (TPSA) is 86.8 Å². The van der Waals surface area contributed by atoms with Crippen molar-refractivity contribution in [3.8, 4) is 0 Å². The lowest BCUT2D eigenvalue weighted by Crippen LogP contribution is -2.55. The van der Waals surface area contributed by atoms with Crippen molar-refractivity contribution in [1.29, 1.82) is 0 Å². The molecule has 0 aliphatic carbocycles. The predicted octanol–water partition coefficient (Wildman–Crippen LogP) is 5.24. The van der Waals surface area contributed by atoms with Crippen LogP contribution in [0.15, 0.2) is 46.9 Å². The summed E-state index contributed by atoms with van der Waals surface area (Å²) < 4.78 is 26.9. The fourth-order valence-corrected chi connectivity index (χ4v) is 5.25. The average molecular weight is 607 g/mol. The van der Waals surface area contributed by atoms with Crippen molar-refractivity contribution in [2.45, 2.75) is 52.2 Å². The number of hydrogen-bond acceptors (Lipinski definition) is 4. The van der Waals surface area contributed by atoms with Crippen molar-refractivity contribution in [2.24, 2.45) is 0 Å². The summed E-state index contributed by atoms with van der Waals surface area (Å²) in [5.41, 5.74) is 0.461. The Bertz CT molecular complexity index is 1190. The van der Waals surface area contributed by atoms with Gasteiger partial charge in [0.15, 0.2) is 0 Å². The number of sulfonamides is 1. The van der Waals surface area contributed by atoms with Gasteiger partial charge in [-0.3, -0.25) is 13.9 Å². The number of carbonyl (C=O) groups is 2. The lowest BCUT2D eigenvalue weighted by Gasteiger charge is -2.34. The van der Waals surface area contributed by atoms with Gasteiger partial charge in [-0.1, -0.05) is 48.3 Å². The number of halogens is 3. The molecular formula is C24H30BrCl2N3O4S. The molecule has 0 bridgehead atoms. The van der Waals surface area contributed by atoms with E-state index in [1.165, 1.54) is 4.90 Å². The van der Waals surface area contributed by atoms with Gasteiger partial charge in [-0.05, 0) is 73.0 Å². The monoisotopic (exact) mass is 605 g/mol. The molecular weight excluding hydrogens is 577 g/mol. The van der Waals surface area contributed by atoms with Gasteiger partial charge in [-0.25, -0.2) is 8.42 Å². The van der Waals surface area contributed by atoms with E-state index in [0.717, 1.165) is 10.6 Å². The van der Waals surface area contributed by atoms with Gasteiger partial charge >= 0.3 is 0 Å². The molecule has 0 aromatic heterocycles. The Labute approximate surface area is 225 Å². The summed E-state index contributed by atoms with van der Waals surface area (Å²) in [5, 5.41) is 3.60. The Morgan fingerprint density at radius 3 is 2.23 bits per heavy atom. The summed E-state index contributed by atoms with van der Waals surface area (Å²) in [7, 11) is -3.82. The minimum atomic E-state index is -3.82. The zero-order chi connectivity index (χ0) is 26.6. The summed E-state index contributed by atoms with van der Waals surface area (Å²) >= 11 is 15.6. The smallest absolute Gasteiger partial charge is 0.244 e. The van der Waals surface area contributed by atoms with E-state index in [4.69, 9.17) is 23.2 Å². The van der Waals surface area contributed by atoms with Crippen molar-refractivity contribution in [3.63, 3.8) is 0 Å². The minimum Gasteiger partial charge on any atom is -0.350 e. The van der Waals surface area contributed by atoms with E-state index in [2.05, 4.69) is 21.2 Å². The number of anilines is 1. The van der Waals surface area contributed by atoms with Gasteiger partial charge < -0.3 is 10.2 Å². The highest BCUT2D eigenvalue weighted by atomic mass is 79.9. The molecule has 0 aliphatic rings. The minimum absolute atomic E-state index is 0.0410. The van der Waals surface area contributed by atoms with Crippen molar-refractivity contribution < 1.29 is 18.0 Å². The zero-order valence-corrected chi connectivity index (χ0v) is 24.2.